The molecule has 23 heavy (non-hydrogen) atoms. The van der Waals surface area contributed by atoms with Crippen LogP contribution in [0.5, 0.6) is 6.01 Å². The maximum Gasteiger partial charge on any atom is 0.319 e. The zero-order chi connectivity index (χ0) is 16.2. The van der Waals surface area contributed by atoms with Crippen molar-refractivity contribution in [2.45, 2.75) is 12.8 Å². The van der Waals surface area contributed by atoms with Crippen LogP contribution < -0.4 is 10.5 Å². The van der Waals surface area contributed by atoms with Crippen molar-refractivity contribution < 1.29 is 9.47 Å². The summed E-state index contributed by atoms with van der Waals surface area (Å²) >= 11 is 5.87. The highest BCUT2D eigenvalue weighted by Gasteiger charge is 2.21. The number of rotatable bonds is 6. The highest BCUT2D eigenvalue weighted by atomic mass is 35.5. The number of hydrogen-bond acceptors (Lipinski definition) is 6. The third-order valence-electron chi connectivity index (χ3n) is 3.55. The maximum atomic E-state index is 6.02. The Bertz CT molecular complexity index is 732. The number of hydrogen-bond donors (Lipinski definition) is 1. The number of aromatic nitrogens is 3. The summed E-state index contributed by atoms with van der Waals surface area (Å²) in [6.07, 6.45) is 5.13. The molecular weight excluding hydrogens is 316 g/mol. The lowest BCUT2D eigenvalue weighted by Gasteiger charge is -2.10. The monoisotopic (exact) mass is 332 g/mol. The Morgan fingerprint density at radius 1 is 1.26 bits per heavy atom. The van der Waals surface area contributed by atoms with Crippen LogP contribution in [-0.4, -0.2) is 35.3 Å². The molecule has 2 aromatic heterocycles. The molecule has 0 saturated carbocycles. The van der Waals surface area contributed by atoms with Crippen molar-refractivity contribution in [1.82, 2.24) is 15.0 Å². The van der Waals surface area contributed by atoms with Crippen LogP contribution in [0.3, 0.4) is 0 Å². The fraction of sp³-hybridized carbons (Fsp3) is 0.312. The second kappa shape index (κ2) is 6.93. The van der Waals surface area contributed by atoms with Crippen LogP contribution in [0.1, 0.15) is 17.0 Å². The van der Waals surface area contributed by atoms with Crippen molar-refractivity contribution in [3.05, 3.63) is 46.4 Å². The Kier molecular flexibility index (Phi) is 4.73. The van der Waals surface area contributed by atoms with E-state index in [0.717, 1.165) is 28.9 Å². The minimum absolute atomic E-state index is 0.273. The number of allylic oxidation sites excluding steroid dienone is 2. The highest BCUT2D eigenvalue weighted by Crippen LogP contribution is 2.32. The van der Waals surface area contributed by atoms with Crippen LogP contribution >= 0.6 is 11.6 Å². The smallest absolute Gasteiger partial charge is 0.319 e. The van der Waals surface area contributed by atoms with Crippen molar-refractivity contribution in [2.24, 2.45) is 0 Å². The first kappa shape index (κ1) is 15.7. The maximum absolute atomic E-state index is 6.02. The summed E-state index contributed by atoms with van der Waals surface area (Å²) in [5.41, 5.74) is 9.79. The molecule has 0 unspecified atom stereocenters. The standard InChI is InChI=1S/C16H17ClN4O2/c1-22-6-7-23-16-20-14-10(2-5-13(14)15(18)21-16)8-12-4-3-11(17)9-19-12/h2-4,9H,5-8H2,1H3,(H2,18,20,21). The molecule has 2 heterocycles. The van der Waals surface area contributed by atoms with Crippen molar-refractivity contribution in [1.29, 1.82) is 0 Å². The van der Waals surface area contributed by atoms with E-state index in [9.17, 15) is 0 Å². The molecule has 0 aromatic carbocycles. The van der Waals surface area contributed by atoms with E-state index >= 15 is 0 Å². The van der Waals surface area contributed by atoms with E-state index in [1.54, 1.807) is 13.3 Å². The summed E-state index contributed by atoms with van der Waals surface area (Å²) in [5.74, 6) is 0.456. The SMILES string of the molecule is COCCOc1nc(N)c2c(n1)C(Cc1ccc(Cl)cn1)=CC2. The van der Waals surface area contributed by atoms with Crippen molar-refractivity contribution in [3.8, 4) is 6.01 Å². The Labute approximate surface area is 139 Å². The largest absolute Gasteiger partial charge is 0.461 e. The van der Waals surface area contributed by atoms with E-state index in [0.29, 0.717) is 30.5 Å². The van der Waals surface area contributed by atoms with Crippen molar-refractivity contribution in [3.63, 3.8) is 0 Å². The van der Waals surface area contributed by atoms with Gasteiger partial charge in [-0.1, -0.05) is 17.7 Å². The van der Waals surface area contributed by atoms with Gasteiger partial charge in [0.1, 0.15) is 12.4 Å². The molecule has 0 radical (unpaired) electrons. The molecule has 120 valence electrons. The van der Waals surface area contributed by atoms with E-state index in [1.807, 2.05) is 12.1 Å². The Balaban J connectivity index is 1.80. The van der Waals surface area contributed by atoms with Gasteiger partial charge in [0, 0.05) is 31.0 Å². The summed E-state index contributed by atoms with van der Waals surface area (Å²) in [5, 5.41) is 0.620. The van der Waals surface area contributed by atoms with Gasteiger partial charge in [-0.3, -0.25) is 4.98 Å². The zero-order valence-electron chi connectivity index (χ0n) is 12.8. The Morgan fingerprint density at radius 2 is 2.13 bits per heavy atom. The molecule has 0 saturated heterocycles. The molecule has 0 fully saturated rings. The van der Waals surface area contributed by atoms with Crippen LogP contribution in [0.15, 0.2) is 24.4 Å². The first-order valence-corrected chi connectivity index (χ1v) is 7.63. The lowest BCUT2D eigenvalue weighted by Crippen LogP contribution is -2.10. The number of pyridine rings is 1. The summed E-state index contributed by atoms with van der Waals surface area (Å²) < 4.78 is 10.4. The number of nitrogen functional groups attached to an aromatic ring is 1. The molecule has 0 amide bonds. The lowest BCUT2D eigenvalue weighted by atomic mass is 10.1. The van der Waals surface area contributed by atoms with Crippen molar-refractivity contribution in [2.75, 3.05) is 26.1 Å². The molecular formula is C16H17ClN4O2. The van der Waals surface area contributed by atoms with Gasteiger partial charge >= 0.3 is 6.01 Å². The molecule has 0 bridgehead atoms. The Hall–Kier alpha value is -2.18. The van der Waals surface area contributed by atoms with E-state index in [-0.39, 0.29) is 6.01 Å². The van der Waals surface area contributed by atoms with Gasteiger partial charge in [-0.05, 0) is 24.1 Å². The summed E-state index contributed by atoms with van der Waals surface area (Å²) in [7, 11) is 1.61. The van der Waals surface area contributed by atoms with Gasteiger partial charge in [-0.25, -0.2) is 0 Å². The number of nitrogens with two attached hydrogens (primary N) is 1. The predicted octanol–water partition coefficient (Wildman–Crippen LogP) is 2.31. The molecule has 1 aliphatic rings. The quantitative estimate of drug-likeness (QED) is 0.817. The van der Waals surface area contributed by atoms with Gasteiger partial charge in [0.2, 0.25) is 0 Å². The second-order valence-electron chi connectivity index (χ2n) is 5.14. The van der Waals surface area contributed by atoms with E-state index in [1.165, 1.54) is 0 Å². The summed E-state index contributed by atoms with van der Waals surface area (Å²) in [4.78, 5) is 13.0. The number of anilines is 1. The Morgan fingerprint density at radius 3 is 2.87 bits per heavy atom. The average molecular weight is 333 g/mol. The molecule has 0 spiro atoms. The molecule has 7 heteroatoms. The molecule has 2 N–H and O–H groups in total. The van der Waals surface area contributed by atoms with Gasteiger partial charge in [0.05, 0.1) is 17.3 Å². The van der Waals surface area contributed by atoms with Crippen LogP contribution in [-0.2, 0) is 17.6 Å². The number of nitrogens with zero attached hydrogens (tertiary/aromatic N) is 3. The fourth-order valence-corrected chi connectivity index (χ4v) is 2.52. The van der Waals surface area contributed by atoms with Gasteiger partial charge in [0.25, 0.3) is 0 Å². The average Bonchev–Trinajstić information content (AvgIpc) is 2.93. The molecule has 0 aliphatic heterocycles. The minimum atomic E-state index is 0.273. The number of ether oxygens (including phenoxy) is 2. The zero-order valence-corrected chi connectivity index (χ0v) is 13.5. The van der Waals surface area contributed by atoms with Gasteiger partial charge < -0.3 is 15.2 Å². The fourth-order valence-electron chi connectivity index (χ4n) is 2.41. The number of halogens is 1. The predicted molar refractivity (Wildman–Crippen MR) is 88.4 cm³/mol. The normalized spacial score (nSPS) is 12.9. The van der Waals surface area contributed by atoms with E-state index in [4.69, 9.17) is 26.8 Å². The molecule has 2 aromatic rings. The first-order valence-electron chi connectivity index (χ1n) is 7.25. The highest BCUT2D eigenvalue weighted by molar-refractivity contribution is 6.30. The lowest BCUT2D eigenvalue weighted by molar-refractivity contribution is 0.141. The van der Waals surface area contributed by atoms with Gasteiger partial charge in [-0.15, -0.1) is 0 Å². The third-order valence-corrected chi connectivity index (χ3v) is 3.78. The van der Waals surface area contributed by atoms with Crippen LogP contribution in [0, 0.1) is 0 Å². The minimum Gasteiger partial charge on any atom is -0.461 e. The van der Waals surface area contributed by atoms with E-state index < -0.39 is 0 Å². The topological polar surface area (TPSA) is 83.2 Å². The van der Waals surface area contributed by atoms with Crippen LogP contribution in [0.4, 0.5) is 5.82 Å². The molecule has 6 nitrogen and oxygen atoms in total. The molecule has 3 rings (SSSR count). The molecule has 1 aliphatic carbocycles. The van der Waals surface area contributed by atoms with Gasteiger partial charge in [0.15, 0.2) is 0 Å². The summed E-state index contributed by atoms with van der Waals surface area (Å²) in [6.45, 7) is 0.851. The van der Waals surface area contributed by atoms with Crippen LogP contribution in [0.2, 0.25) is 5.02 Å². The number of methoxy groups -OCH3 is 1. The van der Waals surface area contributed by atoms with E-state index in [2.05, 4.69) is 21.0 Å². The first-order chi connectivity index (χ1) is 11.2. The van der Waals surface area contributed by atoms with Crippen LogP contribution in [0.25, 0.3) is 5.57 Å². The van der Waals surface area contributed by atoms with Gasteiger partial charge in [-0.2, -0.15) is 9.97 Å². The third kappa shape index (κ3) is 3.60. The number of fused-ring (bicyclic) bond motifs is 1. The summed E-state index contributed by atoms with van der Waals surface area (Å²) in [6, 6.07) is 4.01. The second-order valence-corrected chi connectivity index (χ2v) is 5.57. The molecule has 0 atom stereocenters. The van der Waals surface area contributed by atoms with Crippen molar-refractivity contribution >= 4 is 23.0 Å².